The highest BCUT2D eigenvalue weighted by Gasteiger charge is 2.09. The number of ether oxygens (including phenoxy) is 1. The molecule has 1 aromatic rings. The second-order valence-corrected chi connectivity index (χ2v) is 4.43. The van der Waals surface area contributed by atoms with Gasteiger partial charge >= 0.3 is 0 Å². The second-order valence-electron chi connectivity index (χ2n) is 4.43. The van der Waals surface area contributed by atoms with E-state index in [-0.39, 0.29) is 0 Å². The van der Waals surface area contributed by atoms with Gasteiger partial charge in [-0.3, -0.25) is 0 Å². The Balaban J connectivity index is 2.54. The molecule has 0 aliphatic heterocycles. The van der Waals surface area contributed by atoms with E-state index in [9.17, 15) is 0 Å². The molecule has 1 unspecified atom stereocenters. The van der Waals surface area contributed by atoms with Crippen LogP contribution in [0.1, 0.15) is 51.5 Å². The fourth-order valence-electron chi connectivity index (χ4n) is 1.91. The summed E-state index contributed by atoms with van der Waals surface area (Å²) in [6.07, 6.45) is 7.14. The Morgan fingerprint density at radius 1 is 1.35 bits per heavy atom. The Bertz CT molecular complexity index is 306. The molecular formula is C16H24O. The standard InChI is InChI=1S/C16H24O/c1-4-7-8-12-15(6-3)17-16-13-10-9-11-14(16)5-2/h9,11,13,15H,2,4-8,12H2,1,3H3. The van der Waals surface area contributed by atoms with Gasteiger partial charge in [0.25, 0.3) is 0 Å². The molecule has 0 aromatic heterocycles. The molecule has 0 fully saturated rings. The molecule has 0 N–H and O–H groups in total. The molecule has 0 spiro atoms. The van der Waals surface area contributed by atoms with E-state index in [2.05, 4.69) is 26.8 Å². The van der Waals surface area contributed by atoms with Crippen molar-refractivity contribution < 1.29 is 4.74 Å². The quantitative estimate of drug-likeness (QED) is 0.595. The van der Waals surface area contributed by atoms with Crippen LogP contribution in [0.5, 0.6) is 5.75 Å². The summed E-state index contributed by atoms with van der Waals surface area (Å²) in [5.41, 5.74) is 1.18. The van der Waals surface area contributed by atoms with Crippen LogP contribution in [-0.2, 0) is 6.42 Å². The number of hydrogen-bond acceptors (Lipinski definition) is 1. The lowest BCUT2D eigenvalue weighted by molar-refractivity contribution is 0.181. The lowest BCUT2D eigenvalue weighted by Gasteiger charge is -2.19. The topological polar surface area (TPSA) is 9.23 Å². The van der Waals surface area contributed by atoms with Gasteiger partial charge in [-0.15, -0.1) is 0 Å². The van der Waals surface area contributed by atoms with Gasteiger partial charge in [0.2, 0.25) is 0 Å². The Labute approximate surface area is 106 Å². The van der Waals surface area contributed by atoms with Gasteiger partial charge in [-0.1, -0.05) is 38.8 Å². The predicted octanol–water partition coefficient (Wildman–Crippen LogP) is 4.60. The Kier molecular flexibility index (Phi) is 6.76. The molecule has 1 nitrogen and oxygen atoms in total. The molecule has 0 saturated heterocycles. The third-order valence-electron chi connectivity index (χ3n) is 3.06. The van der Waals surface area contributed by atoms with Gasteiger partial charge in [-0.2, -0.15) is 0 Å². The zero-order chi connectivity index (χ0) is 12.5. The van der Waals surface area contributed by atoms with Crippen LogP contribution < -0.4 is 4.74 Å². The van der Waals surface area contributed by atoms with Crippen molar-refractivity contribution in [3.05, 3.63) is 36.8 Å². The lowest BCUT2D eigenvalue weighted by atomic mass is 10.1. The van der Waals surface area contributed by atoms with Crippen LogP contribution in [-0.4, -0.2) is 6.10 Å². The van der Waals surface area contributed by atoms with Gasteiger partial charge in [0.15, 0.2) is 0 Å². The van der Waals surface area contributed by atoms with Gasteiger partial charge < -0.3 is 4.74 Å². The van der Waals surface area contributed by atoms with Gasteiger partial charge in [0.05, 0.1) is 6.10 Å². The average molecular weight is 232 g/mol. The minimum absolute atomic E-state index is 0.336. The van der Waals surface area contributed by atoms with Crippen LogP contribution in [0.25, 0.3) is 0 Å². The highest BCUT2D eigenvalue weighted by molar-refractivity contribution is 5.33. The molecule has 1 aromatic carbocycles. The fraction of sp³-hybridized carbons (Fsp3) is 0.562. The Morgan fingerprint density at radius 2 is 2.18 bits per heavy atom. The molecule has 1 atom stereocenters. The van der Waals surface area contributed by atoms with Crippen LogP contribution in [0.15, 0.2) is 18.2 Å². The van der Waals surface area contributed by atoms with Gasteiger partial charge in [0, 0.05) is 0 Å². The molecule has 94 valence electrons. The molecule has 0 aliphatic rings. The first kappa shape index (κ1) is 14.1. The second kappa shape index (κ2) is 8.16. The summed E-state index contributed by atoms with van der Waals surface area (Å²) >= 11 is 0. The summed E-state index contributed by atoms with van der Waals surface area (Å²) < 4.78 is 6.06. The third-order valence-corrected chi connectivity index (χ3v) is 3.06. The molecule has 0 heterocycles. The van der Waals surface area contributed by atoms with Gasteiger partial charge in [-0.25, -0.2) is 0 Å². The third kappa shape index (κ3) is 4.80. The molecule has 0 saturated carbocycles. The van der Waals surface area contributed by atoms with E-state index < -0.39 is 0 Å². The highest BCUT2D eigenvalue weighted by Crippen LogP contribution is 2.22. The summed E-state index contributed by atoms with van der Waals surface area (Å²) in [6, 6.07) is 8.98. The van der Waals surface area contributed by atoms with E-state index in [0.717, 1.165) is 25.0 Å². The summed E-state index contributed by atoms with van der Waals surface area (Å²) in [7, 11) is 0. The average Bonchev–Trinajstić information content (AvgIpc) is 2.38. The summed E-state index contributed by atoms with van der Waals surface area (Å²) in [4.78, 5) is 0. The van der Waals surface area contributed by atoms with Crippen LogP contribution in [0, 0.1) is 13.0 Å². The molecule has 1 rings (SSSR count). The van der Waals surface area contributed by atoms with Crippen molar-refractivity contribution in [1.82, 2.24) is 0 Å². The normalized spacial score (nSPS) is 12.4. The molecule has 1 heteroatoms. The first-order valence-electron chi connectivity index (χ1n) is 6.76. The summed E-state index contributed by atoms with van der Waals surface area (Å²) in [6.45, 7) is 8.35. The van der Waals surface area contributed by atoms with Crippen LogP contribution in [0.2, 0.25) is 0 Å². The SMILES string of the molecule is [CH2]Cc1cc[c]cc1OC(CC)CCCCC. The van der Waals surface area contributed by atoms with Crippen molar-refractivity contribution in [2.24, 2.45) is 0 Å². The minimum atomic E-state index is 0.336. The minimum Gasteiger partial charge on any atom is -0.490 e. The molecule has 17 heavy (non-hydrogen) atoms. The van der Waals surface area contributed by atoms with E-state index in [0.29, 0.717) is 6.10 Å². The predicted molar refractivity (Wildman–Crippen MR) is 73.2 cm³/mol. The maximum absolute atomic E-state index is 6.06. The number of benzene rings is 1. The zero-order valence-electron chi connectivity index (χ0n) is 11.2. The zero-order valence-corrected chi connectivity index (χ0v) is 11.2. The molecule has 0 bridgehead atoms. The van der Waals surface area contributed by atoms with Crippen LogP contribution in [0.3, 0.4) is 0 Å². The van der Waals surface area contributed by atoms with Gasteiger partial charge in [0.1, 0.15) is 5.75 Å². The van der Waals surface area contributed by atoms with Crippen LogP contribution in [0.4, 0.5) is 0 Å². The molecular weight excluding hydrogens is 208 g/mol. The largest absolute Gasteiger partial charge is 0.490 e. The molecule has 0 aliphatic carbocycles. The maximum atomic E-state index is 6.06. The Morgan fingerprint density at radius 3 is 2.82 bits per heavy atom. The van der Waals surface area contributed by atoms with E-state index in [4.69, 9.17) is 4.74 Å². The van der Waals surface area contributed by atoms with Crippen LogP contribution >= 0.6 is 0 Å². The number of rotatable bonds is 8. The first-order chi connectivity index (χ1) is 8.31. The smallest absolute Gasteiger partial charge is 0.123 e. The number of hydrogen-bond donors (Lipinski definition) is 0. The van der Waals surface area contributed by atoms with Gasteiger partial charge in [-0.05, 0) is 50.3 Å². The van der Waals surface area contributed by atoms with Crippen molar-refractivity contribution in [3.63, 3.8) is 0 Å². The summed E-state index contributed by atoms with van der Waals surface area (Å²) in [5.74, 6) is 0.964. The van der Waals surface area contributed by atoms with E-state index >= 15 is 0 Å². The van der Waals surface area contributed by atoms with Crippen molar-refractivity contribution in [1.29, 1.82) is 0 Å². The fourth-order valence-corrected chi connectivity index (χ4v) is 1.91. The first-order valence-corrected chi connectivity index (χ1v) is 6.76. The summed E-state index contributed by atoms with van der Waals surface area (Å²) in [5, 5.41) is 0. The Hall–Kier alpha value is -0.980. The maximum Gasteiger partial charge on any atom is 0.123 e. The molecule has 0 amide bonds. The number of unbranched alkanes of at least 4 members (excludes halogenated alkanes) is 2. The molecule has 2 radical (unpaired) electrons. The van der Waals surface area contributed by atoms with Crippen molar-refractivity contribution in [2.75, 3.05) is 0 Å². The van der Waals surface area contributed by atoms with E-state index in [1.807, 2.05) is 18.2 Å². The van der Waals surface area contributed by atoms with Crippen molar-refractivity contribution in [2.45, 2.75) is 58.5 Å². The van der Waals surface area contributed by atoms with Crippen molar-refractivity contribution in [3.8, 4) is 5.75 Å². The van der Waals surface area contributed by atoms with E-state index in [1.165, 1.54) is 24.8 Å². The lowest BCUT2D eigenvalue weighted by Crippen LogP contribution is -2.16. The monoisotopic (exact) mass is 232 g/mol. The van der Waals surface area contributed by atoms with Crippen molar-refractivity contribution >= 4 is 0 Å². The highest BCUT2D eigenvalue weighted by atomic mass is 16.5. The van der Waals surface area contributed by atoms with E-state index in [1.54, 1.807) is 0 Å².